The van der Waals surface area contributed by atoms with E-state index in [1.54, 1.807) is 0 Å². The maximum Gasteiger partial charge on any atom is 0.0337 e. The van der Waals surface area contributed by atoms with Crippen molar-refractivity contribution < 1.29 is 4.21 Å². The highest BCUT2D eigenvalue weighted by molar-refractivity contribution is 7.86. The van der Waals surface area contributed by atoms with Crippen LogP contribution in [-0.2, 0) is 10.8 Å². The van der Waals surface area contributed by atoms with Crippen LogP contribution in [0.3, 0.4) is 0 Å². The summed E-state index contributed by atoms with van der Waals surface area (Å²) in [4.78, 5) is 0. The topological polar surface area (TPSA) is 29.1 Å². The molecule has 0 bridgehead atoms. The molecule has 0 heterocycles. The lowest BCUT2D eigenvalue weighted by molar-refractivity contribution is 0.553. The van der Waals surface area contributed by atoms with Crippen molar-refractivity contribution in [2.75, 3.05) is 7.05 Å². The molecule has 0 aromatic carbocycles. The average Bonchev–Trinajstić information content (AvgIpc) is 2.02. The Morgan fingerprint density at radius 1 is 1.25 bits per heavy atom. The van der Waals surface area contributed by atoms with Gasteiger partial charge in [0, 0.05) is 27.3 Å². The van der Waals surface area contributed by atoms with E-state index in [4.69, 9.17) is 0 Å². The van der Waals surface area contributed by atoms with E-state index >= 15 is 0 Å². The fourth-order valence-electron chi connectivity index (χ4n) is 1.18. The summed E-state index contributed by atoms with van der Waals surface area (Å²) in [6, 6.07) is 0.461. The summed E-state index contributed by atoms with van der Waals surface area (Å²) in [5.74, 6) is 0. The van der Waals surface area contributed by atoms with E-state index in [-0.39, 0.29) is 5.25 Å². The molecule has 12 heavy (non-hydrogen) atoms. The predicted molar refractivity (Wildman–Crippen MR) is 55.9 cm³/mol. The average molecular weight is 191 g/mol. The molecular formula is C9H21NOS. The van der Waals surface area contributed by atoms with Gasteiger partial charge in [0.05, 0.1) is 0 Å². The minimum atomic E-state index is -0.679. The van der Waals surface area contributed by atoms with Crippen molar-refractivity contribution in [3.63, 3.8) is 0 Å². The lowest BCUT2D eigenvalue weighted by atomic mass is 10.2. The van der Waals surface area contributed by atoms with Gasteiger partial charge in [-0.05, 0) is 20.4 Å². The molecule has 0 spiro atoms. The molecule has 0 aliphatic heterocycles. The molecule has 0 saturated heterocycles. The van der Waals surface area contributed by atoms with Crippen LogP contribution in [0.15, 0.2) is 0 Å². The van der Waals surface area contributed by atoms with Crippen LogP contribution in [0.2, 0.25) is 0 Å². The summed E-state index contributed by atoms with van der Waals surface area (Å²) < 4.78 is 11.6. The van der Waals surface area contributed by atoms with Gasteiger partial charge in [0.25, 0.3) is 0 Å². The number of rotatable bonds is 5. The van der Waals surface area contributed by atoms with E-state index in [1.807, 2.05) is 20.9 Å². The second-order valence-corrected chi connectivity index (χ2v) is 6.02. The van der Waals surface area contributed by atoms with Gasteiger partial charge < -0.3 is 5.32 Å². The van der Waals surface area contributed by atoms with Crippen LogP contribution in [0.5, 0.6) is 0 Å². The van der Waals surface area contributed by atoms with E-state index in [2.05, 4.69) is 19.2 Å². The summed E-state index contributed by atoms with van der Waals surface area (Å²) in [6.07, 6.45) is 0.987. The second-order valence-electron chi connectivity index (χ2n) is 3.61. The van der Waals surface area contributed by atoms with Crippen molar-refractivity contribution >= 4 is 10.8 Å². The van der Waals surface area contributed by atoms with Gasteiger partial charge in [-0.15, -0.1) is 0 Å². The first-order valence-corrected chi connectivity index (χ1v) is 5.83. The van der Waals surface area contributed by atoms with Crippen molar-refractivity contribution in [3.05, 3.63) is 0 Å². The second kappa shape index (κ2) is 5.70. The summed E-state index contributed by atoms with van der Waals surface area (Å²) in [5.41, 5.74) is 0. The largest absolute Gasteiger partial charge is 0.317 e. The Balaban J connectivity index is 3.86. The SMILES string of the molecule is CNC(C)CC(C)S(=O)C(C)C. The smallest absolute Gasteiger partial charge is 0.0337 e. The third-order valence-corrected chi connectivity index (χ3v) is 3.95. The van der Waals surface area contributed by atoms with Crippen molar-refractivity contribution in [1.82, 2.24) is 5.32 Å². The molecule has 0 rings (SSSR count). The van der Waals surface area contributed by atoms with Crippen LogP contribution in [0.4, 0.5) is 0 Å². The highest BCUT2D eigenvalue weighted by atomic mass is 32.2. The normalized spacial score (nSPS) is 19.2. The molecular weight excluding hydrogens is 170 g/mol. The standard InChI is InChI=1S/C9H21NOS/c1-7(2)12(11)9(4)6-8(3)10-5/h7-10H,6H2,1-5H3. The lowest BCUT2D eigenvalue weighted by Gasteiger charge is -2.18. The Labute approximate surface area is 78.6 Å². The summed E-state index contributed by atoms with van der Waals surface area (Å²) >= 11 is 0. The number of nitrogens with one attached hydrogen (secondary N) is 1. The molecule has 0 aromatic rings. The minimum Gasteiger partial charge on any atom is -0.317 e. The molecule has 0 aliphatic rings. The molecule has 3 unspecified atom stereocenters. The first-order chi connectivity index (χ1) is 5.49. The fraction of sp³-hybridized carbons (Fsp3) is 1.00. The summed E-state index contributed by atoms with van der Waals surface area (Å²) in [7, 11) is 1.26. The van der Waals surface area contributed by atoms with Gasteiger partial charge in [-0.25, -0.2) is 0 Å². The summed E-state index contributed by atoms with van der Waals surface area (Å²) in [5, 5.41) is 3.74. The zero-order valence-electron chi connectivity index (χ0n) is 8.76. The zero-order chi connectivity index (χ0) is 9.72. The van der Waals surface area contributed by atoms with Crippen LogP contribution < -0.4 is 5.32 Å². The van der Waals surface area contributed by atoms with Gasteiger partial charge in [-0.1, -0.05) is 20.8 Å². The number of hydrogen-bond donors (Lipinski definition) is 1. The van der Waals surface area contributed by atoms with Gasteiger partial charge >= 0.3 is 0 Å². The minimum absolute atomic E-state index is 0.282. The number of hydrogen-bond acceptors (Lipinski definition) is 2. The van der Waals surface area contributed by atoms with Crippen LogP contribution in [0.1, 0.15) is 34.1 Å². The molecule has 0 aromatic heterocycles. The zero-order valence-corrected chi connectivity index (χ0v) is 9.57. The van der Waals surface area contributed by atoms with Crippen LogP contribution in [0, 0.1) is 0 Å². The van der Waals surface area contributed by atoms with Crippen LogP contribution in [-0.4, -0.2) is 27.8 Å². The van der Waals surface area contributed by atoms with Crippen molar-refractivity contribution in [3.8, 4) is 0 Å². The third-order valence-electron chi connectivity index (χ3n) is 2.04. The molecule has 3 heteroatoms. The van der Waals surface area contributed by atoms with Crippen molar-refractivity contribution in [2.24, 2.45) is 0 Å². The first-order valence-electron chi connectivity index (χ1n) is 4.55. The Bertz CT molecular complexity index is 147. The Morgan fingerprint density at radius 3 is 2.08 bits per heavy atom. The van der Waals surface area contributed by atoms with E-state index in [1.165, 1.54) is 0 Å². The van der Waals surface area contributed by atoms with Crippen molar-refractivity contribution in [1.29, 1.82) is 0 Å². The van der Waals surface area contributed by atoms with Gasteiger partial charge in [0.2, 0.25) is 0 Å². The molecule has 3 atom stereocenters. The molecule has 0 aliphatic carbocycles. The molecule has 0 fully saturated rings. The first kappa shape index (κ1) is 12.1. The quantitative estimate of drug-likeness (QED) is 0.714. The Kier molecular flexibility index (Phi) is 5.76. The van der Waals surface area contributed by atoms with E-state index in [9.17, 15) is 4.21 Å². The molecule has 74 valence electrons. The fourth-order valence-corrected chi connectivity index (χ4v) is 2.58. The monoisotopic (exact) mass is 191 g/mol. The molecule has 0 saturated carbocycles. The highest BCUT2D eigenvalue weighted by Crippen LogP contribution is 2.09. The lowest BCUT2D eigenvalue weighted by Crippen LogP contribution is -2.29. The molecule has 0 amide bonds. The van der Waals surface area contributed by atoms with E-state index in [0.29, 0.717) is 11.3 Å². The summed E-state index contributed by atoms with van der Waals surface area (Å²) in [6.45, 7) is 8.20. The Morgan fingerprint density at radius 2 is 1.75 bits per heavy atom. The van der Waals surface area contributed by atoms with E-state index in [0.717, 1.165) is 6.42 Å². The molecule has 2 nitrogen and oxygen atoms in total. The van der Waals surface area contributed by atoms with Gasteiger partial charge in [0.1, 0.15) is 0 Å². The molecule has 0 radical (unpaired) electrons. The highest BCUT2D eigenvalue weighted by Gasteiger charge is 2.16. The van der Waals surface area contributed by atoms with E-state index < -0.39 is 10.8 Å². The maximum absolute atomic E-state index is 11.6. The Hall–Kier alpha value is 0.110. The van der Waals surface area contributed by atoms with Crippen LogP contribution in [0.25, 0.3) is 0 Å². The van der Waals surface area contributed by atoms with Crippen molar-refractivity contribution in [2.45, 2.75) is 50.7 Å². The van der Waals surface area contributed by atoms with Gasteiger partial charge in [0.15, 0.2) is 0 Å². The van der Waals surface area contributed by atoms with Gasteiger partial charge in [-0.2, -0.15) is 0 Å². The predicted octanol–water partition coefficient (Wildman–Crippen LogP) is 1.53. The van der Waals surface area contributed by atoms with Gasteiger partial charge in [-0.3, -0.25) is 4.21 Å². The maximum atomic E-state index is 11.6. The molecule has 1 N–H and O–H groups in total. The van der Waals surface area contributed by atoms with Crippen LogP contribution >= 0.6 is 0 Å². The third kappa shape index (κ3) is 4.21.